The minimum Gasteiger partial charge on any atom is -0.460 e. The van der Waals surface area contributed by atoms with E-state index in [0.717, 1.165) is 0 Å². The van der Waals surface area contributed by atoms with Gasteiger partial charge >= 0.3 is 12.1 Å². The van der Waals surface area contributed by atoms with E-state index in [0.29, 0.717) is 5.56 Å². The predicted molar refractivity (Wildman–Crippen MR) is 144 cm³/mol. The number of hydrogen-bond donors (Lipinski definition) is 2. The molecular weight excluding hydrogens is 520 g/mol. The van der Waals surface area contributed by atoms with Crippen molar-refractivity contribution in [1.29, 1.82) is 0 Å². The number of hydrogen-bond acceptors (Lipinski definition) is 11. The Hall–Kier alpha value is -4.26. The molecule has 0 saturated carbocycles. The van der Waals surface area contributed by atoms with Crippen LogP contribution in [0.5, 0.6) is 0 Å². The molecule has 0 radical (unpaired) electrons. The molecule has 1 aliphatic heterocycles. The van der Waals surface area contributed by atoms with Gasteiger partial charge in [-0.15, -0.1) is 5.06 Å². The Morgan fingerprint density at radius 2 is 1.73 bits per heavy atom. The lowest BCUT2D eigenvalue weighted by atomic mass is 10.1. The van der Waals surface area contributed by atoms with Crippen LogP contribution in [0, 0.1) is 0 Å². The standard InChI is InChI=1S/C27H36N6O7/c1-5-38-26(37)40-33-15-13-32(14-16-33)25(36)19(11-12-22(34)39-27(2,3)4)30-24(35)20-17-21(28)31-23(29-20)18-9-7-6-8-10-18/h6-10,17,19H,5,11-16H2,1-4H3,(H,30,35)(H2,28,29,31)/t19-/m0/s1. The highest BCUT2D eigenvalue weighted by atomic mass is 16.8. The number of aromatic nitrogens is 2. The van der Waals surface area contributed by atoms with Gasteiger partial charge < -0.3 is 30.3 Å². The van der Waals surface area contributed by atoms with Gasteiger partial charge in [0.05, 0.1) is 19.7 Å². The molecule has 3 rings (SSSR count). The summed E-state index contributed by atoms with van der Waals surface area (Å²) in [5, 5.41) is 4.12. The summed E-state index contributed by atoms with van der Waals surface area (Å²) < 4.78 is 10.2. The van der Waals surface area contributed by atoms with Gasteiger partial charge in [0.2, 0.25) is 5.91 Å². The average Bonchev–Trinajstić information content (AvgIpc) is 2.90. The van der Waals surface area contributed by atoms with Crippen molar-refractivity contribution >= 4 is 29.8 Å². The van der Waals surface area contributed by atoms with Crippen LogP contribution in [0.15, 0.2) is 36.4 Å². The van der Waals surface area contributed by atoms with E-state index < -0.39 is 35.6 Å². The second-order valence-electron chi connectivity index (χ2n) is 10.0. The highest BCUT2D eigenvalue weighted by Gasteiger charge is 2.31. The molecule has 2 amide bonds. The van der Waals surface area contributed by atoms with Crippen LogP contribution in [0.2, 0.25) is 0 Å². The van der Waals surface area contributed by atoms with Gasteiger partial charge in [-0.1, -0.05) is 30.3 Å². The van der Waals surface area contributed by atoms with Gasteiger partial charge in [-0.25, -0.2) is 14.8 Å². The molecule has 1 saturated heterocycles. The molecule has 0 bridgehead atoms. The summed E-state index contributed by atoms with van der Waals surface area (Å²) in [7, 11) is 0. The number of rotatable bonds is 9. The first-order chi connectivity index (χ1) is 18.9. The Morgan fingerprint density at radius 1 is 1.05 bits per heavy atom. The number of carbonyl (C=O) groups excluding carboxylic acids is 4. The fourth-order valence-corrected chi connectivity index (χ4v) is 3.91. The molecule has 216 valence electrons. The maximum Gasteiger partial charge on any atom is 0.527 e. The minimum absolute atomic E-state index is 0.00509. The quantitative estimate of drug-likeness (QED) is 0.435. The average molecular weight is 557 g/mol. The number of benzene rings is 1. The number of hydroxylamine groups is 2. The molecule has 13 nitrogen and oxygen atoms in total. The third kappa shape index (κ3) is 9.19. The van der Waals surface area contributed by atoms with Gasteiger partial charge in [-0.05, 0) is 34.1 Å². The normalized spacial score (nSPS) is 14.7. The van der Waals surface area contributed by atoms with Crippen LogP contribution < -0.4 is 11.1 Å². The molecule has 13 heteroatoms. The molecule has 1 fully saturated rings. The first kappa shape index (κ1) is 30.3. The van der Waals surface area contributed by atoms with Gasteiger partial charge in [-0.3, -0.25) is 14.4 Å². The van der Waals surface area contributed by atoms with Gasteiger partial charge in [0.1, 0.15) is 23.2 Å². The van der Waals surface area contributed by atoms with E-state index in [4.69, 9.17) is 20.0 Å². The molecule has 0 unspecified atom stereocenters. The van der Waals surface area contributed by atoms with Crippen LogP contribution in [0.1, 0.15) is 51.0 Å². The first-order valence-electron chi connectivity index (χ1n) is 13.1. The molecule has 1 aromatic carbocycles. The van der Waals surface area contributed by atoms with Crippen molar-refractivity contribution in [2.75, 3.05) is 38.5 Å². The van der Waals surface area contributed by atoms with E-state index in [9.17, 15) is 19.2 Å². The Labute approximate surface area is 232 Å². The fourth-order valence-electron chi connectivity index (χ4n) is 3.91. The topological polar surface area (TPSA) is 166 Å². The SMILES string of the molecule is CCOC(=O)ON1CCN(C(=O)[C@H](CCC(=O)OC(C)(C)C)NC(=O)c2cc(N)nc(-c3ccccc3)n2)CC1. The summed E-state index contributed by atoms with van der Waals surface area (Å²) in [5.74, 6) is -1.17. The number of anilines is 1. The molecule has 2 heterocycles. The van der Waals surface area contributed by atoms with Crippen molar-refractivity contribution in [3.05, 3.63) is 42.1 Å². The summed E-state index contributed by atoms with van der Waals surface area (Å²) in [6.45, 7) is 8.06. The number of ether oxygens (including phenoxy) is 2. The second-order valence-corrected chi connectivity index (χ2v) is 10.0. The number of nitrogens with zero attached hydrogens (tertiary/aromatic N) is 4. The Kier molecular flexibility index (Phi) is 10.4. The largest absolute Gasteiger partial charge is 0.527 e. The van der Waals surface area contributed by atoms with Gasteiger partial charge in [0.15, 0.2) is 5.82 Å². The van der Waals surface area contributed by atoms with Crippen molar-refractivity contribution in [2.45, 2.75) is 52.2 Å². The molecular formula is C27H36N6O7. The van der Waals surface area contributed by atoms with E-state index in [2.05, 4.69) is 15.3 Å². The zero-order valence-electron chi connectivity index (χ0n) is 23.2. The second kappa shape index (κ2) is 13.7. The van der Waals surface area contributed by atoms with E-state index in [1.807, 2.05) is 18.2 Å². The Bertz CT molecular complexity index is 1190. The van der Waals surface area contributed by atoms with E-state index in [-0.39, 0.29) is 63.0 Å². The number of nitrogen functional groups attached to an aromatic ring is 1. The van der Waals surface area contributed by atoms with Crippen LogP contribution in [0.4, 0.5) is 10.6 Å². The molecule has 0 spiro atoms. The molecule has 2 aromatic rings. The summed E-state index contributed by atoms with van der Waals surface area (Å²) in [5.41, 5.74) is 5.91. The third-order valence-electron chi connectivity index (χ3n) is 5.69. The zero-order valence-corrected chi connectivity index (χ0v) is 23.2. The number of nitrogens with two attached hydrogens (primary N) is 1. The van der Waals surface area contributed by atoms with E-state index in [1.165, 1.54) is 16.0 Å². The van der Waals surface area contributed by atoms with Crippen LogP contribution in [-0.4, -0.2) is 88.3 Å². The van der Waals surface area contributed by atoms with Crippen LogP contribution in [0.25, 0.3) is 11.4 Å². The summed E-state index contributed by atoms with van der Waals surface area (Å²) in [6.07, 6.45) is -0.907. The summed E-state index contributed by atoms with van der Waals surface area (Å²) >= 11 is 0. The van der Waals surface area contributed by atoms with Crippen LogP contribution >= 0.6 is 0 Å². The molecule has 3 N–H and O–H groups in total. The first-order valence-corrected chi connectivity index (χ1v) is 13.1. The lowest BCUT2D eigenvalue weighted by Crippen LogP contribution is -2.55. The monoisotopic (exact) mass is 556 g/mol. The van der Waals surface area contributed by atoms with Crippen molar-refractivity contribution in [3.63, 3.8) is 0 Å². The van der Waals surface area contributed by atoms with E-state index in [1.54, 1.807) is 39.8 Å². The number of esters is 1. The minimum atomic E-state index is -1.05. The lowest BCUT2D eigenvalue weighted by Gasteiger charge is -2.35. The maximum atomic E-state index is 13.5. The van der Waals surface area contributed by atoms with Gasteiger partial charge in [0.25, 0.3) is 5.91 Å². The van der Waals surface area contributed by atoms with Crippen molar-refractivity contribution < 1.29 is 33.5 Å². The van der Waals surface area contributed by atoms with Crippen molar-refractivity contribution in [3.8, 4) is 11.4 Å². The molecule has 1 atom stereocenters. The molecule has 40 heavy (non-hydrogen) atoms. The lowest BCUT2D eigenvalue weighted by molar-refractivity contribution is -0.158. The molecule has 0 aliphatic carbocycles. The van der Waals surface area contributed by atoms with Crippen LogP contribution in [-0.2, 0) is 23.9 Å². The maximum absolute atomic E-state index is 13.5. The number of carbonyl (C=O) groups is 4. The summed E-state index contributed by atoms with van der Waals surface area (Å²) in [4.78, 5) is 65.9. The zero-order chi connectivity index (χ0) is 29.3. The van der Waals surface area contributed by atoms with Gasteiger partial charge in [0, 0.05) is 31.1 Å². The van der Waals surface area contributed by atoms with Crippen molar-refractivity contribution in [1.82, 2.24) is 25.2 Å². The van der Waals surface area contributed by atoms with Crippen molar-refractivity contribution in [2.24, 2.45) is 0 Å². The Morgan fingerprint density at radius 3 is 2.35 bits per heavy atom. The smallest absolute Gasteiger partial charge is 0.460 e. The summed E-state index contributed by atoms with van der Waals surface area (Å²) in [6, 6.07) is 9.31. The predicted octanol–water partition coefficient (Wildman–Crippen LogP) is 2.18. The van der Waals surface area contributed by atoms with Gasteiger partial charge in [-0.2, -0.15) is 0 Å². The van der Waals surface area contributed by atoms with E-state index >= 15 is 0 Å². The molecule has 1 aliphatic rings. The Balaban J connectivity index is 1.73. The highest BCUT2D eigenvalue weighted by Crippen LogP contribution is 2.17. The number of amides is 2. The number of piperazine rings is 1. The highest BCUT2D eigenvalue weighted by molar-refractivity contribution is 5.97. The number of nitrogens with one attached hydrogen (secondary N) is 1. The fraction of sp³-hybridized carbons (Fsp3) is 0.481. The van der Waals surface area contributed by atoms with Crippen LogP contribution in [0.3, 0.4) is 0 Å². The molecule has 1 aromatic heterocycles. The third-order valence-corrected chi connectivity index (χ3v) is 5.69.